The zero-order valence-electron chi connectivity index (χ0n) is 9.04. The minimum absolute atomic E-state index is 0. The molecule has 0 aromatic heterocycles. The second-order valence-corrected chi connectivity index (χ2v) is 3.81. The SMILES string of the molecule is Cl.NCC1CCCCN1C(=O)C(F)(F)C(F)F. The molecular weight excluding hydrogens is 264 g/mol. The Morgan fingerprint density at radius 2 is 2.00 bits per heavy atom. The molecule has 8 heteroatoms. The lowest BCUT2D eigenvalue weighted by Gasteiger charge is -2.36. The summed E-state index contributed by atoms with van der Waals surface area (Å²) in [6, 6.07) is -0.550. The van der Waals surface area contributed by atoms with Gasteiger partial charge in [-0.25, -0.2) is 8.78 Å². The summed E-state index contributed by atoms with van der Waals surface area (Å²) in [5, 5.41) is 0. The van der Waals surface area contributed by atoms with E-state index in [0.29, 0.717) is 12.8 Å². The van der Waals surface area contributed by atoms with Gasteiger partial charge in [-0.2, -0.15) is 8.78 Å². The summed E-state index contributed by atoms with van der Waals surface area (Å²) in [4.78, 5) is 12.1. The second-order valence-electron chi connectivity index (χ2n) is 3.81. The summed E-state index contributed by atoms with van der Waals surface area (Å²) < 4.78 is 49.7. The van der Waals surface area contributed by atoms with Crippen LogP contribution >= 0.6 is 12.4 Å². The highest BCUT2D eigenvalue weighted by Crippen LogP contribution is 2.28. The van der Waals surface area contributed by atoms with Crippen LogP contribution in [0.25, 0.3) is 0 Å². The Morgan fingerprint density at radius 3 is 2.47 bits per heavy atom. The standard InChI is InChI=1S/C9H14F4N2O.ClH/c10-7(11)9(12,13)8(16)15-4-2-1-3-6(15)5-14;/h6-7H,1-5,14H2;1H. The molecule has 1 fully saturated rings. The van der Waals surface area contributed by atoms with E-state index in [4.69, 9.17) is 5.73 Å². The molecule has 0 radical (unpaired) electrons. The summed E-state index contributed by atoms with van der Waals surface area (Å²) >= 11 is 0. The van der Waals surface area contributed by atoms with Crippen LogP contribution < -0.4 is 5.73 Å². The molecule has 2 N–H and O–H groups in total. The Labute approximate surface area is 103 Å². The fourth-order valence-electron chi connectivity index (χ4n) is 1.80. The van der Waals surface area contributed by atoms with Crippen molar-refractivity contribution in [3.63, 3.8) is 0 Å². The van der Waals surface area contributed by atoms with Crippen LogP contribution in [0, 0.1) is 0 Å². The first-order valence-electron chi connectivity index (χ1n) is 5.08. The zero-order chi connectivity index (χ0) is 12.3. The molecule has 0 aromatic carbocycles. The number of halogens is 5. The highest BCUT2D eigenvalue weighted by atomic mass is 35.5. The molecule has 1 aliphatic rings. The molecule has 1 rings (SSSR count). The maximum atomic E-state index is 12.9. The molecular formula is C9H15ClF4N2O. The maximum Gasteiger partial charge on any atom is 0.383 e. The lowest BCUT2D eigenvalue weighted by atomic mass is 10.0. The quantitative estimate of drug-likeness (QED) is 0.798. The Balaban J connectivity index is 0.00000256. The number of nitrogens with zero attached hydrogens (tertiary/aromatic N) is 1. The van der Waals surface area contributed by atoms with Crippen molar-refractivity contribution in [3.8, 4) is 0 Å². The lowest BCUT2D eigenvalue weighted by molar-refractivity contribution is -0.183. The largest absolute Gasteiger partial charge is 0.383 e. The van der Waals surface area contributed by atoms with E-state index in [9.17, 15) is 22.4 Å². The van der Waals surface area contributed by atoms with Crippen LogP contribution in [0.15, 0.2) is 0 Å². The summed E-state index contributed by atoms with van der Waals surface area (Å²) in [6.45, 7) is 0.0913. The van der Waals surface area contributed by atoms with Crippen molar-refractivity contribution < 1.29 is 22.4 Å². The monoisotopic (exact) mass is 278 g/mol. The predicted octanol–water partition coefficient (Wildman–Crippen LogP) is 1.65. The van der Waals surface area contributed by atoms with Gasteiger partial charge in [0.2, 0.25) is 0 Å². The molecule has 1 unspecified atom stereocenters. The molecule has 0 bridgehead atoms. The molecule has 1 saturated heterocycles. The minimum Gasteiger partial charge on any atom is -0.333 e. The predicted molar refractivity (Wildman–Crippen MR) is 56.6 cm³/mol. The van der Waals surface area contributed by atoms with Gasteiger partial charge < -0.3 is 10.6 Å². The van der Waals surface area contributed by atoms with Crippen molar-refractivity contribution in [2.45, 2.75) is 37.7 Å². The highest BCUT2D eigenvalue weighted by molar-refractivity contribution is 5.85. The first-order chi connectivity index (χ1) is 7.41. The van der Waals surface area contributed by atoms with Gasteiger partial charge in [0.25, 0.3) is 5.91 Å². The van der Waals surface area contributed by atoms with Crippen molar-refractivity contribution in [1.82, 2.24) is 4.90 Å². The van der Waals surface area contributed by atoms with Gasteiger partial charge in [0.15, 0.2) is 0 Å². The number of rotatable bonds is 3. The summed E-state index contributed by atoms with van der Waals surface area (Å²) in [6.07, 6.45) is -2.17. The van der Waals surface area contributed by atoms with Crippen LogP contribution in [0.4, 0.5) is 17.6 Å². The number of hydrogen-bond acceptors (Lipinski definition) is 2. The van der Waals surface area contributed by atoms with E-state index in [-0.39, 0.29) is 25.5 Å². The first kappa shape index (κ1) is 16.4. The molecule has 0 spiro atoms. The summed E-state index contributed by atoms with van der Waals surface area (Å²) in [7, 11) is 0. The molecule has 102 valence electrons. The lowest BCUT2D eigenvalue weighted by Crippen LogP contribution is -2.55. The summed E-state index contributed by atoms with van der Waals surface area (Å²) in [5.74, 6) is -6.41. The topological polar surface area (TPSA) is 46.3 Å². The average molecular weight is 279 g/mol. The van der Waals surface area contributed by atoms with Crippen molar-refractivity contribution >= 4 is 18.3 Å². The Kier molecular flexibility index (Phi) is 6.18. The van der Waals surface area contributed by atoms with Crippen molar-refractivity contribution in [2.24, 2.45) is 5.73 Å². The van der Waals surface area contributed by atoms with Gasteiger partial charge in [0, 0.05) is 19.1 Å². The number of piperidine rings is 1. The van der Waals surface area contributed by atoms with Crippen LogP contribution in [0.2, 0.25) is 0 Å². The highest BCUT2D eigenvalue weighted by Gasteiger charge is 2.52. The van der Waals surface area contributed by atoms with E-state index >= 15 is 0 Å². The molecule has 3 nitrogen and oxygen atoms in total. The van der Waals surface area contributed by atoms with Gasteiger partial charge in [-0.3, -0.25) is 4.79 Å². The number of carbonyl (C=O) groups is 1. The number of hydrogen-bond donors (Lipinski definition) is 1. The third-order valence-corrected chi connectivity index (χ3v) is 2.72. The van der Waals surface area contributed by atoms with Gasteiger partial charge in [-0.15, -0.1) is 12.4 Å². The van der Waals surface area contributed by atoms with Crippen molar-refractivity contribution in [2.75, 3.05) is 13.1 Å². The van der Waals surface area contributed by atoms with E-state index in [1.807, 2.05) is 0 Å². The minimum atomic E-state index is -4.61. The van der Waals surface area contributed by atoms with Gasteiger partial charge in [0.1, 0.15) is 0 Å². The number of amides is 1. The van der Waals surface area contributed by atoms with Crippen LogP contribution in [0.5, 0.6) is 0 Å². The fourth-order valence-corrected chi connectivity index (χ4v) is 1.80. The van der Waals surface area contributed by atoms with E-state index in [2.05, 4.69) is 0 Å². The molecule has 1 heterocycles. The molecule has 0 saturated carbocycles. The Hall–Kier alpha value is -0.560. The van der Waals surface area contributed by atoms with Crippen LogP contribution in [-0.2, 0) is 4.79 Å². The van der Waals surface area contributed by atoms with Crippen LogP contribution in [-0.4, -0.2) is 42.3 Å². The van der Waals surface area contributed by atoms with Crippen molar-refractivity contribution in [3.05, 3.63) is 0 Å². The molecule has 1 amide bonds. The smallest absolute Gasteiger partial charge is 0.333 e. The van der Waals surface area contributed by atoms with E-state index < -0.39 is 24.3 Å². The number of likely N-dealkylation sites (tertiary alicyclic amines) is 1. The fraction of sp³-hybridized carbons (Fsp3) is 0.889. The molecule has 17 heavy (non-hydrogen) atoms. The molecule has 1 aliphatic heterocycles. The van der Waals surface area contributed by atoms with Crippen LogP contribution in [0.3, 0.4) is 0 Å². The zero-order valence-corrected chi connectivity index (χ0v) is 9.86. The van der Waals surface area contributed by atoms with E-state index in [1.54, 1.807) is 0 Å². The van der Waals surface area contributed by atoms with E-state index in [0.717, 1.165) is 11.3 Å². The average Bonchev–Trinajstić information content (AvgIpc) is 2.27. The first-order valence-corrected chi connectivity index (χ1v) is 5.08. The van der Waals surface area contributed by atoms with Gasteiger partial charge in [0.05, 0.1) is 0 Å². The number of carbonyl (C=O) groups excluding carboxylic acids is 1. The Morgan fingerprint density at radius 1 is 1.41 bits per heavy atom. The maximum absolute atomic E-state index is 12.9. The van der Waals surface area contributed by atoms with E-state index in [1.165, 1.54) is 0 Å². The third-order valence-electron chi connectivity index (χ3n) is 2.72. The normalized spacial score (nSPS) is 21.3. The second kappa shape index (κ2) is 6.39. The van der Waals surface area contributed by atoms with Crippen molar-refractivity contribution in [1.29, 1.82) is 0 Å². The molecule has 0 aliphatic carbocycles. The third kappa shape index (κ3) is 3.45. The molecule has 0 aromatic rings. The van der Waals surface area contributed by atoms with Gasteiger partial charge in [-0.1, -0.05) is 0 Å². The number of nitrogens with two attached hydrogens (primary N) is 1. The Bertz CT molecular complexity index is 265. The van der Waals surface area contributed by atoms with Gasteiger partial charge in [-0.05, 0) is 19.3 Å². The van der Waals surface area contributed by atoms with Crippen LogP contribution in [0.1, 0.15) is 19.3 Å². The molecule has 1 atom stereocenters. The number of alkyl halides is 4. The van der Waals surface area contributed by atoms with Gasteiger partial charge >= 0.3 is 12.3 Å². The summed E-state index contributed by atoms with van der Waals surface area (Å²) in [5.41, 5.74) is 5.32.